The number of benzene rings is 1. The third-order valence-electron chi connectivity index (χ3n) is 5.03. The lowest BCUT2D eigenvalue weighted by Gasteiger charge is -2.38. The highest BCUT2D eigenvalue weighted by Crippen LogP contribution is 2.34. The van der Waals surface area contributed by atoms with Gasteiger partial charge in [0, 0.05) is 45.4 Å². The molecule has 0 unspecified atom stereocenters. The summed E-state index contributed by atoms with van der Waals surface area (Å²) >= 11 is 0. The second kappa shape index (κ2) is 13.3. The van der Waals surface area contributed by atoms with E-state index in [4.69, 9.17) is 9.47 Å². The van der Waals surface area contributed by atoms with Crippen LogP contribution < -0.4 is 10.6 Å². The number of nitrogens with one attached hydrogen (secondary N) is 2. The van der Waals surface area contributed by atoms with E-state index >= 15 is 0 Å². The number of aliphatic imine (C=N–C) groups is 1. The van der Waals surface area contributed by atoms with Gasteiger partial charge in [-0.15, -0.1) is 24.0 Å². The van der Waals surface area contributed by atoms with Crippen molar-refractivity contribution >= 4 is 29.9 Å². The van der Waals surface area contributed by atoms with Crippen molar-refractivity contribution in [2.45, 2.75) is 38.5 Å². The summed E-state index contributed by atoms with van der Waals surface area (Å²) in [5.41, 5.74) is 1.48. The zero-order chi connectivity index (χ0) is 18.7. The Morgan fingerprint density at radius 1 is 1.15 bits per heavy atom. The molecular weight excluding hydrogens is 453 g/mol. The molecule has 5 nitrogen and oxygen atoms in total. The molecule has 2 rings (SSSR count). The predicted molar refractivity (Wildman–Crippen MR) is 123 cm³/mol. The van der Waals surface area contributed by atoms with Crippen molar-refractivity contribution in [3.8, 4) is 0 Å². The average Bonchev–Trinajstić information content (AvgIpc) is 2.68. The highest BCUT2D eigenvalue weighted by molar-refractivity contribution is 14.0. The number of halogens is 1. The van der Waals surface area contributed by atoms with Crippen LogP contribution in [0.2, 0.25) is 0 Å². The van der Waals surface area contributed by atoms with Crippen LogP contribution in [-0.4, -0.2) is 52.5 Å². The normalized spacial score (nSPS) is 16.7. The minimum absolute atomic E-state index is 0. The van der Waals surface area contributed by atoms with Gasteiger partial charge in [-0.1, -0.05) is 44.2 Å². The average molecular weight is 489 g/mol. The van der Waals surface area contributed by atoms with Crippen LogP contribution in [0.25, 0.3) is 0 Å². The van der Waals surface area contributed by atoms with Gasteiger partial charge in [0.1, 0.15) is 0 Å². The molecule has 0 atom stereocenters. The zero-order valence-electron chi connectivity index (χ0n) is 17.0. The lowest BCUT2D eigenvalue weighted by molar-refractivity contribution is 0.0513. The molecule has 27 heavy (non-hydrogen) atoms. The van der Waals surface area contributed by atoms with E-state index in [1.165, 1.54) is 5.56 Å². The minimum Gasteiger partial charge on any atom is -0.381 e. The molecule has 0 bridgehead atoms. The first-order chi connectivity index (χ1) is 12.7. The maximum Gasteiger partial charge on any atom is 0.191 e. The quantitative estimate of drug-likeness (QED) is 0.241. The van der Waals surface area contributed by atoms with E-state index in [0.717, 1.165) is 58.1 Å². The van der Waals surface area contributed by atoms with E-state index in [2.05, 4.69) is 59.8 Å². The Labute approximate surface area is 181 Å². The van der Waals surface area contributed by atoms with Crippen LogP contribution in [0.5, 0.6) is 0 Å². The summed E-state index contributed by atoms with van der Waals surface area (Å²) in [5.74, 6) is 1.52. The molecule has 1 aromatic carbocycles. The molecule has 1 aromatic rings. The summed E-state index contributed by atoms with van der Waals surface area (Å²) in [6, 6.07) is 10.8. The Hall–Kier alpha value is -0.860. The summed E-state index contributed by atoms with van der Waals surface area (Å²) in [6.07, 6.45) is 3.16. The molecule has 1 heterocycles. The molecule has 154 valence electrons. The number of nitrogens with zero attached hydrogens (tertiary/aromatic N) is 1. The number of hydrogen-bond acceptors (Lipinski definition) is 3. The summed E-state index contributed by atoms with van der Waals surface area (Å²) in [5, 5.41) is 6.86. The van der Waals surface area contributed by atoms with Crippen molar-refractivity contribution in [3.05, 3.63) is 35.9 Å². The van der Waals surface area contributed by atoms with Crippen molar-refractivity contribution in [2.24, 2.45) is 10.9 Å². The number of hydrogen-bond donors (Lipinski definition) is 2. The monoisotopic (exact) mass is 489 g/mol. The highest BCUT2D eigenvalue weighted by Gasteiger charge is 2.34. The molecule has 2 N–H and O–H groups in total. The molecule has 1 aliphatic rings. The van der Waals surface area contributed by atoms with E-state index in [-0.39, 0.29) is 29.4 Å². The highest BCUT2D eigenvalue weighted by atomic mass is 127. The van der Waals surface area contributed by atoms with E-state index in [1.54, 1.807) is 0 Å². The Balaban J connectivity index is 0.00000364. The van der Waals surface area contributed by atoms with Gasteiger partial charge in [0.25, 0.3) is 0 Å². The molecule has 0 saturated carbocycles. The van der Waals surface area contributed by atoms with Crippen LogP contribution in [0.15, 0.2) is 35.3 Å². The van der Waals surface area contributed by atoms with Gasteiger partial charge in [0.05, 0.1) is 6.61 Å². The van der Waals surface area contributed by atoms with Crippen molar-refractivity contribution < 1.29 is 9.47 Å². The summed E-state index contributed by atoms with van der Waals surface area (Å²) < 4.78 is 11.3. The number of ether oxygens (including phenoxy) is 2. The molecule has 1 fully saturated rings. The van der Waals surface area contributed by atoms with Gasteiger partial charge < -0.3 is 20.1 Å². The smallest absolute Gasteiger partial charge is 0.191 e. The van der Waals surface area contributed by atoms with E-state index < -0.39 is 0 Å². The fraction of sp³-hybridized carbons (Fsp3) is 0.667. The molecule has 0 radical (unpaired) electrons. The lowest BCUT2D eigenvalue weighted by Crippen LogP contribution is -2.48. The lowest BCUT2D eigenvalue weighted by atomic mass is 9.74. The summed E-state index contributed by atoms with van der Waals surface area (Å²) in [6.45, 7) is 9.19. The van der Waals surface area contributed by atoms with E-state index in [0.29, 0.717) is 12.5 Å². The predicted octanol–water partition coefficient (Wildman–Crippen LogP) is 3.58. The van der Waals surface area contributed by atoms with Crippen LogP contribution in [0, 0.1) is 5.92 Å². The largest absolute Gasteiger partial charge is 0.381 e. The van der Waals surface area contributed by atoms with Crippen molar-refractivity contribution in [2.75, 3.05) is 46.6 Å². The van der Waals surface area contributed by atoms with Crippen LogP contribution in [0.4, 0.5) is 0 Å². The Kier molecular flexibility index (Phi) is 11.9. The maximum atomic E-state index is 5.66. The molecule has 6 heteroatoms. The molecule has 1 aliphatic heterocycles. The van der Waals surface area contributed by atoms with Gasteiger partial charge in [0.15, 0.2) is 5.96 Å². The summed E-state index contributed by atoms with van der Waals surface area (Å²) in [7, 11) is 1.81. The van der Waals surface area contributed by atoms with Crippen LogP contribution in [0.1, 0.15) is 38.7 Å². The second-order valence-corrected chi connectivity index (χ2v) is 7.41. The molecule has 0 amide bonds. The fourth-order valence-corrected chi connectivity index (χ4v) is 3.26. The first-order valence-corrected chi connectivity index (χ1v) is 9.82. The van der Waals surface area contributed by atoms with Gasteiger partial charge in [-0.3, -0.25) is 4.99 Å². The Morgan fingerprint density at radius 3 is 2.48 bits per heavy atom. The van der Waals surface area contributed by atoms with Crippen molar-refractivity contribution in [1.82, 2.24) is 10.6 Å². The van der Waals surface area contributed by atoms with Crippen molar-refractivity contribution in [1.29, 1.82) is 0 Å². The van der Waals surface area contributed by atoms with Crippen LogP contribution in [-0.2, 0) is 14.9 Å². The minimum atomic E-state index is 0. The maximum absolute atomic E-state index is 5.66. The Morgan fingerprint density at radius 2 is 1.85 bits per heavy atom. The van der Waals surface area contributed by atoms with Gasteiger partial charge in [-0.05, 0) is 30.7 Å². The van der Waals surface area contributed by atoms with Crippen LogP contribution in [0.3, 0.4) is 0 Å². The number of guanidine groups is 1. The topological polar surface area (TPSA) is 54.9 Å². The second-order valence-electron chi connectivity index (χ2n) is 7.41. The van der Waals surface area contributed by atoms with Gasteiger partial charge in [-0.2, -0.15) is 0 Å². The third kappa shape index (κ3) is 8.35. The van der Waals surface area contributed by atoms with E-state index in [9.17, 15) is 0 Å². The third-order valence-corrected chi connectivity index (χ3v) is 5.03. The summed E-state index contributed by atoms with van der Waals surface area (Å²) in [4.78, 5) is 4.35. The SMILES string of the molecule is CN=C(NCCOCCC(C)C)NCC1(c2ccccc2)CCOCC1.I. The first-order valence-electron chi connectivity index (χ1n) is 9.82. The molecular formula is C21H36IN3O2. The Bertz CT molecular complexity index is 531. The zero-order valence-corrected chi connectivity index (χ0v) is 19.3. The number of rotatable bonds is 9. The standard InChI is InChI=1S/C21H35N3O2.HI/c1-18(2)9-13-25-16-12-23-20(22-3)24-17-21(10-14-26-15-11-21)19-7-5-4-6-8-19;/h4-8,18H,9-17H2,1-3H3,(H2,22,23,24);1H. The van der Waals surface area contributed by atoms with E-state index in [1.807, 2.05) is 7.05 Å². The molecule has 0 aliphatic carbocycles. The van der Waals surface area contributed by atoms with Gasteiger partial charge in [0.2, 0.25) is 0 Å². The van der Waals surface area contributed by atoms with Crippen molar-refractivity contribution in [3.63, 3.8) is 0 Å². The molecule has 1 saturated heterocycles. The molecule has 0 aromatic heterocycles. The first kappa shape index (κ1) is 24.2. The van der Waals surface area contributed by atoms with Gasteiger partial charge in [-0.25, -0.2) is 0 Å². The molecule has 0 spiro atoms. The van der Waals surface area contributed by atoms with Gasteiger partial charge >= 0.3 is 0 Å². The van der Waals surface area contributed by atoms with Crippen LogP contribution >= 0.6 is 24.0 Å². The fourth-order valence-electron chi connectivity index (χ4n) is 3.26.